The monoisotopic (exact) mass is 419 g/mol. The van der Waals surface area contributed by atoms with Crippen molar-refractivity contribution in [2.75, 3.05) is 10.6 Å². The molecule has 0 aliphatic rings. The molecule has 0 atom stereocenters. The molecule has 27 heavy (non-hydrogen) atoms. The van der Waals surface area contributed by atoms with Crippen molar-refractivity contribution in [3.05, 3.63) is 87.1 Å². The molecule has 0 fully saturated rings. The molecule has 0 aliphatic heterocycles. The van der Waals surface area contributed by atoms with Crippen molar-refractivity contribution in [2.24, 2.45) is 0 Å². The first kappa shape index (κ1) is 19.2. The van der Waals surface area contributed by atoms with E-state index < -0.39 is 5.91 Å². The van der Waals surface area contributed by atoms with Crippen molar-refractivity contribution >= 4 is 58.0 Å². The predicted molar refractivity (Wildman–Crippen MR) is 108 cm³/mol. The third-order valence-corrected chi connectivity index (χ3v) is 4.33. The number of benzene rings is 2. The van der Waals surface area contributed by atoms with Gasteiger partial charge in [-0.3, -0.25) is 9.59 Å². The molecule has 0 radical (unpaired) electrons. The molecule has 8 heteroatoms. The molecular weight excluding hydrogens is 409 g/mol. The van der Waals surface area contributed by atoms with Gasteiger partial charge in [0, 0.05) is 10.7 Å². The van der Waals surface area contributed by atoms with Gasteiger partial charge in [-0.2, -0.15) is 0 Å². The number of carbonyl (C=O) groups excluding carboxylic acids is 2. The van der Waals surface area contributed by atoms with E-state index >= 15 is 0 Å². The summed E-state index contributed by atoms with van der Waals surface area (Å²) >= 11 is 17.6. The summed E-state index contributed by atoms with van der Waals surface area (Å²) in [5.74, 6) is -0.885. The lowest BCUT2D eigenvalue weighted by Gasteiger charge is -2.12. The summed E-state index contributed by atoms with van der Waals surface area (Å²) in [4.78, 5) is 28.9. The molecule has 2 N–H and O–H groups in total. The summed E-state index contributed by atoms with van der Waals surface area (Å²) in [5.41, 5.74) is 1.35. The number of aromatic nitrogens is 1. The number of pyridine rings is 1. The average Bonchev–Trinajstić information content (AvgIpc) is 2.64. The first-order valence-electron chi connectivity index (χ1n) is 7.73. The molecule has 136 valence electrons. The van der Waals surface area contributed by atoms with Crippen LogP contribution in [0.3, 0.4) is 0 Å². The van der Waals surface area contributed by atoms with E-state index in [9.17, 15) is 9.59 Å². The number of hydrogen-bond donors (Lipinski definition) is 2. The first-order valence-corrected chi connectivity index (χ1v) is 8.87. The molecule has 0 spiro atoms. The summed E-state index contributed by atoms with van der Waals surface area (Å²) < 4.78 is 0. The zero-order valence-corrected chi connectivity index (χ0v) is 15.9. The van der Waals surface area contributed by atoms with Gasteiger partial charge in [0.15, 0.2) is 0 Å². The van der Waals surface area contributed by atoms with Crippen LogP contribution in [-0.2, 0) is 0 Å². The fraction of sp³-hybridized carbons (Fsp3) is 0. The van der Waals surface area contributed by atoms with E-state index in [1.54, 1.807) is 48.5 Å². The quantitative estimate of drug-likeness (QED) is 0.544. The normalized spacial score (nSPS) is 10.3. The smallest absolute Gasteiger partial charge is 0.258 e. The number of nitrogens with one attached hydrogen (secondary N) is 2. The van der Waals surface area contributed by atoms with Gasteiger partial charge in [-0.1, -0.05) is 46.9 Å². The number of para-hydroxylation sites is 1. The zero-order chi connectivity index (χ0) is 19.4. The molecule has 0 saturated heterocycles. The van der Waals surface area contributed by atoms with Crippen molar-refractivity contribution in [2.45, 2.75) is 0 Å². The highest BCUT2D eigenvalue weighted by Gasteiger charge is 2.17. The van der Waals surface area contributed by atoms with Gasteiger partial charge >= 0.3 is 0 Å². The highest BCUT2D eigenvalue weighted by Crippen LogP contribution is 2.22. The number of hydrogen-bond acceptors (Lipinski definition) is 3. The van der Waals surface area contributed by atoms with Gasteiger partial charge in [0.05, 0.1) is 16.8 Å². The molecular formula is C19H12Cl3N3O2. The summed E-state index contributed by atoms with van der Waals surface area (Å²) in [7, 11) is 0. The van der Waals surface area contributed by atoms with E-state index in [-0.39, 0.29) is 21.8 Å². The van der Waals surface area contributed by atoms with E-state index in [0.717, 1.165) is 0 Å². The number of nitrogens with zero attached hydrogens (tertiary/aromatic N) is 1. The molecule has 3 aromatic rings. The molecule has 5 nitrogen and oxygen atoms in total. The number of carbonyl (C=O) groups is 2. The van der Waals surface area contributed by atoms with E-state index in [2.05, 4.69) is 15.6 Å². The minimum absolute atomic E-state index is 0.0249. The summed E-state index contributed by atoms with van der Waals surface area (Å²) in [6, 6.07) is 16.2. The largest absolute Gasteiger partial charge is 0.322 e. The van der Waals surface area contributed by atoms with Gasteiger partial charge in [-0.25, -0.2) is 4.98 Å². The molecule has 1 aromatic heterocycles. The van der Waals surface area contributed by atoms with Gasteiger partial charge in [0.1, 0.15) is 10.3 Å². The Bertz CT molecular complexity index is 1010. The van der Waals surface area contributed by atoms with Gasteiger partial charge in [0.2, 0.25) is 0 Å². The van der Waals surface area contributed by atoms with Crippen LogP contribution in [0.2, 0.25) is 15.3 Å². The maximum absolute atomic E-state index is 12.6. The average molecular weight is 421 g/mol. The molecule has 0 saturated carbocycles. The Kier molecular flexibility index (Phi) is 5.96. The lowest BCUT2D eigenvalue weighted by molar-refractivity contribution is 0.102. The van der Waals surface area contributed by atoms with Crippen molar-refractivity contribution < 1.29 is 9.59 Å². The number of halogens is 3. The van der Waals surface area contributed by atoms with E-state index in [1.165, 1.54) is 12.1 Å². The Morgan fingerprint density at radius 1 is 0.741 bits per heavy atom. The Balaban J connectivity index is 1.82. The van der Waals surface area contributed by atoms with Crippen LogP contribution in [-0.4, -0.2) is 16.8 Å². The fourth-order valence-corrected chi connectivity index (χ4v) is 2.85. The summed E-state index contributed by atoms with van der Waals surface area (Å²) in [6.45, 7) is 0. The molecule has 0 aliphatic carbocycles. The first-order chi connectivity index (χ1) is 12.9. The van der Waals surface area contributed by atoms with Crippen LogP contribution >= 0.6 is 34.8 Å². The van der Waals surface area contributed by atoms with Crippen molar-refractivity contribution in [1.29, 1.82) is 0 Å². The van der Waals surface area contributed by atoms with Crippen LogP contribution in [0, 0.1) is 0 Å². The maximum atomic E-state index is 12.6. The summed E-state index contributed by atoms with van der Waals surface area (Å²) in [6.07, 6.45) is 0. The molecule has 1 heterocycles. The Morgan fingerprint density at radius 2 is 1.41 bits per heavy atom. The highest BCUT2D eigenvalue weighted by atomic mass is 35.5. The van der Waals surface area contributed by atoms with E-state index in [1.807, 2.05) is 0 Å². The van der Waals surface area contributed by atoms with Crippen molar-refractivity contribution in [3.8, 4) is 0 Å². The number of anilines is 2. The Hall–Kier alpha value is -2.60. The maximum Gasteiger partial charge on any atom is 0.258 e. The fourth-order valence-electron chi connectivity index (χ4n) is 2.29. The third kappa shape index (κ3) is 4.77. The van der Waals surface area contributed by atoms with E-state index in [4.69, 9.17) is 34.8 Å². The third-order valence-electron chi connectivity index (χ3n) is 3.58. The van der Waals surface area contributed by atoms with Crippen LogP contribution in [0.25, 0.3) is 0 Å². The number of amides is 2. The second-order valence-corrected chi connectivity index (χ2v) is 6.61. The van der Waals surface area contributed by atoms with Crippen molar-refractivity contribution in [3.63, 3.8) is 0 Å². The second kappa shape index (κ2) is 8.39. The highest BCUT2D eigenvalue weighted by molar-refractivity contribution is 6.35. The van der Waals surface area contributed by atoms with Crippen molar-refractivity contribution in [1.82, 2.24) is 4.98 Å². The Labute approximate surface area is 170 Å². The predicted octanol–water partition coefficient (Wildman–Crippen LogP) is 5.55. The molecule has 2 amide bonds. The van der Waals surface area contributed by atoms with Gasteiger partial charge in [0.25, 0.3) is 11.8 Å². The molecule has 3 rings (SSSR count). The van der Waals surface area contributed by atoms with Crippen LogP contribution in [0.5, 0.6) is 0 Å². The van der Waals surface area contributed by atoms with Crippen LogP contribution in [0.1, 0.15) is 20.7 Å². The van der Waals surface area contributed by atoms with Gasteiger partial charge < -0.3 is 10.6 Å². The zero-order valence-electron chi connectivity index (χ0n) is 13.7. The topological polar surface area (TPSA) is 71.1 Å². The molecule has 0 unspecified atom stereocenters. The van der Waals surface area contributed by atoms with Gasteiger partial charge in [-0.15, -0.1) is 0 Å². The van der Waals surface area contributed by atoms with Gasteiger partial charge in [-0.05, 0) is 48.5 Å². The minimum Gasteiger partial charge on any atom is -0.322 e. The standard InChI is InChI=1S/C19H12Cl3N3O2/c20-11-5-7-12(8-6-11)23-18(26)13-3-1-2-4-15(13)24-19(27)14-9-10-16(21)25-17(14)22/h1-10H,(H,23,26)(H,24,27). The minimum atomic E-state index is -0.504. The molecule has 2 aromatic carbocycles. The SMILES string of the molecule is O=C(Nc1ccc(Cl)cc1)c1ccccc1NC(=O)c1ccc(Cl)nc1Cl. The molecule has 0 bridgehead atoms. The lowest BCUT2D eigenvalue weighted by Crippen LogP contribution is -2.18. The number of rotatable bonds is 4. The van der Waals surface area contributed by atoms with Crippen LogP contribution in [0.4, 0.5) is 11.4 Å². The van der Waals surface area contributed by atoms with Crippen LogP contribution < -0.4 is 10.6 Å². The van der Waals surface area contributed by atoms with Crippen LogP contribution in [0.15, 0.2) is 60.7 Å². The Morgan fingerprint density at radius 3 is 2.11 bits per heavy atom. The lowest BCUT2D eigenvalue weighted by atomic mass is 10.1. The van der Waals surface area contributed by atoms with E-state index in [0.29, 0.717) is 22.0 Å². The second-order valence-electron chi connectivity index (χ2n) is 5.43. The summed E-state index contributed by atoms with van der Waals surface area (Å²) in [5, 5.41) is 6.15.